The number of anilines is 2. The van der Waals surface area contributed by atoms with Gasteiger partial charge in [0.1, 0.15) is 5.56 Å². The molecule has 2 aromatic rings. The minimum absolute atomic E-state index is 0.00601. The molecule has 0 radical (unpaired) electrons. The molecular weight excluding hydrogens is 304 g/mol. The number of nitrogens with one attached hydrogen (secondary N) is 1. The molecule has 0 saturated carbocycles. The van der Waals surface area contributed by atoms with Crippen LogP contribution in [0.1, 0.15) is 20.7 Å². The van der Waals surface area contributed by atoms with Gasteiger partial charge in [0.15, 0.2) is 0 Å². The number of benzene rings is 2. The number of hydrogen-bond donors (Lipinski definition) is 2. The van der Waals surface area contributed by atoms with Crippen molar-refractivity contribution in [3.8, 4) is 0 Å². The molecule has 2 aromatic carbocycles. The van der Waals surface area contributed by atoms with E-state index in [-0.39, 0.29) is 16.5 Å². The maximum Gasteiger partial charge on any atom is 0.339 e. The molecule has 2 N–H and O–H groups in total. The van der Waals surface area contributed by atoms with Crippen molar-refractivity contribution in [2.45, 2.75) is 0 Å². The molecule has 1 amide bonds. The van der Waals surface area contributed by atoms with Gasteiger partial charge in [0.25, 0.3) is 5.91 Å². The zero-order valence-electron chi connectivity index (χ0n) is 12.1. The number of carbonyl (C=O) groups is 2. The fraction of sp³-hybridized carbons (Fsp3) is 0.125. The highest BCUT2D eigenvalue weighted by molar-refractivity contribution is 6.34. The molecule has 5 nitrogen and oxygen atoms in total. The van der Waals surface area contributed by atoms with Gasteiger partial charge < -0.3 is 15.3 Å². The van der Waals surface area contributed by atoms with E-state index in [1.807, 2.05) is 0 Å². The SMILES string of the molecule is CN(C)C(=O)c1cccc(Nc2cccc(Cl)c2C(=O)O)c1. The van der Waals surface area contributed by atoms with Gasteiger partial charge >= 0.3 is 5.97 Å². The summed E-state index contributed by atoms with van der Waals surface area (Å²) in [4.78, 5) is 24.7. The van der Waals surface area contributed by atoms with E-state index in [0.29, 0.717) is 16.9 Å². The molecule has 6 heteroatoms. The lowest BCUT2D eigenvalue weighted by Crippen LogP contribution is -2.21. The molecule has 0 aromatic heterocycles. The third kappa shape index (κ3) is 3.38. The lowest BCUT2D eigenvalue weighted by atomic mass is 10.1. The Morgan fingerprint density at radius 2 is 1.82 bits per heavy atom. The van der Waals surface area contributed by atoms with Crippen molar-refractivity contribution in [1.82, 2.24) is 4.90 Å². The number of carboxylic acids is 1. The van der Waals surface area contributed by atoms with Crippen LogP contribution >= 0.6 is 11.6 Å². The maximum absolute atomic E-state index is 12.0. The van der Waals surface area contributed by atoms with Crippen LogP contribution in [0.3, 0.4) is 0 Å². The van der Waals surface area contributed by atoms with Crippen LogP contribution in [0, 0.1) is 0 Å². The van der Waals surface area contributed by atoms with Crippen molar-refractivity contribution >= 4 is 34.9 Å². The normalized spacial score (nSPS) is 10.1. The minimum atomic E-state index is -1.12. The first-order valence-corrected chi connectivity index (χ1v) is 6.88. The van der Waals surface area contributed by atoms with Crippen LogP contribution in [-0.2, 0) is 0 Å². The molecule has 0 aliphatic heterocycles. The van der Waals surface area contributed by atoms with Crippen LogP contribution in [0.25, 0.3) is 0 Å². The third-order valence-corrected chi connectivity index (χ3v) is 3.34. The van der Waals surface area contributed by atoms with Crippen molar-refractivity contribution in [3.63, 3.8) is 0 Å². The van der Waals surface area contributed by atoms with E-state index < -0.39 is 5.97 Å². The summed E-state index contributed by atoms with van der Waals surface area (Å²) >= 11 is 5.93. The van der Waals surface area contributed by atoms with Crippen LogP contribution in [0.2, 0.25) is 5.02 Å². The van der Waals surface area contributed by atoms with Crippen LogP contribution in [0.5, 0.6) is 0 Å². The van der Waals surface area contributed by atoms with E-state index in [1.54, 1.807) is 50.5 Å². The summed E-state index contributed by atoms with van der Waals surface area (Å²) in [7, 11) is 3.34. The average Bonchev–Trinajstić information content (AvgIpc) is 2.46. The van der Waals surface area contributed by atoms with Crippen molar-refractivity contribution < 1.29 is 14.7 Å². The number of aromatic carboxylic acids is 1. The molecule has 0 aliphatic rings. The Morgan fingerprint density at radius 1 is 1.14 bits per heavy atom. The Bertz CT molecular complexity index is 729. The van der Waals surface area contributed by atoms with Crippen LogP contribution in [0.4, 0.5) is 11.4 Å². The second-order valence-corrected chi connectivity index (χ2v) is 5.28. The smallest absolute Gasteiger partial charge is 0.339 e. The predicted octanol–water partition coefficient (Wildman–Crippen LogP) is 3.48. The number of nitrogens with zero attached hydrogens (tertiary/aromatic N) is 1. The van der Waals surface area contributed by atoms with E-state index in [9.17, 15) is 14.7 Å². The molecule has 2 rings (SSSR count). The number of halogens is 1. The van der Waals surface area contributed by atoms with E-state index in [4.69, 9.17) is 11.6 Å². The number of carboxylic acid groups (broad SMARTS) is 1. The largest absolute Gasteiger partial charge is 0.478 e. The van der Waals surface area contributed by atoms with Crippen LogP contribution in [0.15, 0.2) is 42.5 Å². The molecule has 114 valence electrons. The first-order valence-electron chi connectivity index (χ1n) is 6.50. The van der Waals surface area contributed by atoms with Gasteiger partial charge in [-0.05, 0) is 30.3 Å². The van der Waals surface area contributed by atoms with Crippen molar-refractivity contribution in [2.75, 3.05) is 19.4 Å². The Morgan fingerprint density at radius 3 is 2.45 bits per heavy atom. The van der Waals surface area contributed by atoms with Gasteiger partial charge in [0.2, 0.25) is 0 Å². The highest BCUT2D eigenvalue weighted by Crippen LogP contribution is 2.27. The molecular formula is C16H15ClN2O3. The maximum atomic E-state index is 12.0. The Balaban J connectivity index is 2.36. The summed E-state index contributed by atoms with van der Waals surface area (Å²) in [6.45, 7) is 0. The Labute approximate surface area is 133 Å². The fourth-order valence-corrected chi connectivity index (χ4v) is 2.24. The third-order valence-electron chi connectivity index (χ3n) is 3.02. The van der Waals surface area contributed by atoms with E-state index >= 15 is 0 Å². The fourth-order valence-electron chi connectivity index (χ4n) is 1.99. The quantitative estimate of drug-likeness (QED) is 0.905. The lowest BCUT2D eigenvalue weighted by molar-refractivity contribution is 0.0697. The van der Waals surface area contributed by atoms with Crippen LogP contribution < -0.4 is 5.32 Å². The van der Waals surface area contributed by atoms with Crippen molar-refractivity contribution in [2.24, 2.45) is 0 Å². The summed E-state index contributed by atoms with van der Waals surface area (Å²) in [5.74, 6) is -1.25. The number of rotatable bonds is 4. The molecule has 0 spiro atoms. The minimum Gasteiger partial charge on any atom is -0.478 e. The average molecular weight is 319 g/mol. The molecule has 0 atom stereocenters. The van der Waals surface area contributed by atoms with Gasteiger partial charge in [-0.3, -0.25) is 4.79 Å². The van der Waals surface area contributed by atoms with Gasteiger partial charge in [0, 0.05) is 25.3 Å². The van der Waals surface area contributed by atoms with E-state index in [2.05, 4.69) is 5.32 Å². The molecule has 0 fully saturated rings. The lowest BCUT2D eigenvalue weighted by Gasteiger charge is -2.13. The number of carbonyl (C=O) groups excluding carboxylic acids is 1. The van der Waals surface area contributed by atoms with Gasteiger partial charge in [-0.2, -0.15) is 0 Å². The second-order valence-electron chi connectivity index (χ2n) is 4.87. The van der Waals surface area contributed by atoms with E-state index in [1.165, 1.54) is 11.0 Å². The molecule has 0 aliphatic carbocycles. The standard InChI is InChI=1S/C16H15ClN2O3/c1-19(2)15(20)10-5-3-6-11(9-10)18-13-8-4-7-12(17)14(13)16(21)22/h3-9,18H,1-2H3,(H,21,22). The predicted molar refractivity (Wildman–Crippen MR) is 86.2 cm³/mol. The first-order chi connectivity index (χ1) is 10.4. The Hall–Kier alpha value is -2.53. The number of hydrogen-bond acceptors (Lipinski definition) is 3. The second kappa shape index (κ2) is 6.49. The van der Waals surface area contributed by atoms with Crippen molar-refractivity contribution in [1.29, 1.82) is 0 Å². The summed E-state index contributed by atoms with van der Waals surface area (Å²) < 4.78 is 0. The summed E-state index contributed by atoms with van der Waals surface area (Å²) in [5.41, 5.74) is 1.48. The summed E-state index contributed by atoms with van der Waals surface area (Å²) in [5, 5.41) is 12.4. The number of amides is 1. The van der Waals surface area contributed by atoms with Gasteiger partial charge in [0.05, 0.1) is 10.7 Å². The van der Waals surface area contributed by atoms with Gasteiger partial charge in [-0.25, -0.2) is 4.79 Å². The monoisotopic (exact) mass is 318 g/mol. The molecule has 22 heavy (non-hydrogen) atoms. The topological polar surface area (TPSA) is 69.6 Å². The van der Waals surface area contributed by atoms with E-state index in [0.717, 1.165) is 0 Å². The highest BCUT2D eigenvalue weighted by Gasteiger charge is 2.15. The molecule has 0 unspecified atom stereocenters. The zero-order chi connectivity index (χ0) is 16.3. The summed E-state index contributed by atoms with van der Waals surface area (Å²) in [6.07, 6.45) is 0. The van der Waals surface area contributed by atoms with Crippen LogP contribution in [-0.4, -0.2) is 36.0 Å². The zero-order valence-corrected chi connectivity index (χ0v) is 12.9. The molecule has 0 heterocycles. The molecule has 0 saturated heterocycles. The molecule has 0 bridgehead atoms. The highest BCUT2D eigenvalue weighted by atomic mass is 35.5. The van der Waals surface area contributed by atoms with Gasteiger partial charge in [-0.1, -0.05) is 23.7 Å². The van der Waals surface area contributed by atoms with Crippen molar-refractivity contribution in [3.05, 3.63) is 58.6 Å². The Kier molecular flexibility index (Phi) is 4.68. The first kappa shape index (κ1) is 15.9. The summed E-state index contributed by atoms with van der Waals surface area (Å²) in [6, 6.07) is 11.6. The van der Waals surface area contributed by atoms with Gasteiger partial charge in [-0.15, -0.1) is 0 Å².